The van der Waals surface area contributed by atoms with Gasteiger partial charge in [-0.15, -0.1) is 0 Å². The van der Waals surface area contributed by atoms with Crippen LogP contribution in [0.25, 0.3) is 0 Å². The highest BCUT2D eigenvalue weighted by atomic mass is 16.6. The van der Waals surface area contributed by atoms with E-state index < -0.39 is 41.2 Å². The smallest absolute Gasteiger partial charge is 0.352 e. The SMILES string of the molecule is CC(C)C[C@H](N)C(=O)O[C@@H](C)C(=O)OC1=CC[C@@]2(O)[C@H]3Cc4ccc(CO)c5c4C2(CCN3C)C1O5. The molecule has 6 atom stereocenters. The maximum absolute atomic E-state index is 13.0. The summed E-state index contributed by atoms with van der Waals surface area (Å²) in [5, 5.41) is 22.2. The maximum atomic E-state index is 13.0. The molecule has 1 fully saturated rings. The van der Waals surface area contributed by atoms with E-state index in [4.69, 9.17) is 19.9 Å². The normalized spacial score (nSPS) is 31.7. The van der Waals surface area contributed by atoms with E-state index in [2.05, 4.69) is 4.90 Å². The highest BCUT2D eigenvalue weighted by Crippen LogP contribution is 2.64. The van der Waals surface area contributed by atoms with Crippen molar-refractivity contribution < 1.29 is 34.0 Å². The van der Waals surface area contributed by atoms with Crippen LogP contribution in [0.4, 0.5) is 0 Å². The van der Waals surface area contributed by atoms with Crippen LogP contribution >= 0.6 is 0 Å². The Morgan fingerprint density at radius 2 is 2.03 bits per heavy atom. The van der Waals surface area contributed by atoms with Crippen LogP contribution in [0.3, 0.4) is 0 Å². The number of rotatable bonds is 7. The fraction of sp³-hybridized carbons (Fsp3) is 0.630. The number of esters is 2. The second kappa shape index (κ2) is 8.83. The molecule has 1 aromatic rings. The molecular weight excluding hydrogens is 464 g/mol. The Balaban J connectivity index is 1.44. The van der Waals surface area contributed by atoms with Crippen molar-refractivity contribution >= 4 is 11.9 Å². The van der Waals surface area contributed by atoms with Gasteiger partial charge in [-0.25, -0.2) is 4.79 Å². The Morgan fingerprint density at radius 3 is 2.72 bits per heavy atom. The van der Waals surface area contributed by atoms with Gasteiger partial charge in [0, 0.05) is 23.6 Å². The molecule has 2 unspecified atom stereocenters. The lowest BCUT2D eigenvalue weighted by Crippen LogP contribution is -2.74. The number of aliphatic hydroxyl groups excluding tert-OH is 1. The first-order chi connectivity index (χ1) is 17.0. The van der Waals surface area contributed by atoms with E-state index in [-0.39, 0.29) is 18.6 Å². The van der Waals surface area contributed by atoms with Crippen LogP contribution in [0.15, 0.2) is 24.0 Å². The molecule has 4 aliphatic rings. The highest BCUT2D eigenvalue weighted by molar-refractivity contribution is 5.82. The third kappa shape index (κ3) is 3.51. The zero-order chi connectivity index (χ0) is 26.0. The van der Waals surface area contributed by atoms with Gasteiger partial charge in [0.2, 0.25) is 0 Å². The first kappa shape index (κ1) is 25.2. The van der Waals surface area contributed by atoms with Gasteiger partial charge in [-0.3, -0.25) is 4.79 Å². The van der Waals surface area contributed by atoms with E-state index in [0.717, 1.165) is 17.7 Å². The summed E-state index contributed by atoms with van der Waals surface area (Å²) in [6.45, 7) is 5.91. The predicted octanol–water partition coefficient (Wildman–Crippen LogP) is 1.30. The lowest BCUT2D eigenvalue weighted by atomic mass is 9.50. The minimum absolute atomic E-state index is 0.119. The van der Waals surface area contributed by atoms with Crippen molar-refractivity contribution in [1.29, 1.82) is 0 Å². The lowest BCUT2D eigenvalue weighted by molar-refractivity contribution is -0.175. The summed E-state index contributed by atoms with van der Waals surface area (Å²) in [7, 11) is 2.02. The largest absolute Gasteiger partial charge is 0.481 e. The number of carbonyl (C=O) groups is 2. The monoisotopic (exact) mass is 500 g/mol. The molecule has 5 rings (SSSR count). The number of likely N-dealkylation sites (tertiary alicyclic amines) is 1. The van der Waals surface area contributed by atoms with E-state index in [0.29, 0.717) is 42.8 Å². The van der Waals surface area contributed by atoms with E-state index in [1.807, 2.05) is 33.0 Å². The van der Waals surface area contributed by atoms with Crippen molar-refractivity contribution in [1.82, 2.24) is 4.90 Å². The Labute approximate surface area is 211 Å². The third-order valence-corrected chi connectivity index (χ3v) is 8.50. The Morgan fingerprint density at radius 1 is 1.28 bits per heavy atom. The van der Waals surface area contributed by atoms with Crippen LogP contribution in [0.5, 0.6) is 5.75 Å². The zero-order valence-corrected chi connectivity index (χ0v) is 21.3. The van der Waals surface area contributed by atoms with Crippen molar-refractivity contribution in [2.75, 3.05) is 13.6 Å². The van der Waals surface area contributed by atoms with Gasteiger partial charge in [0.05, 0.1) is 17.6 Å². The zero-order valence-electron chi connectivity index (χ0n) is 21.3. The molecule has 0 radical (unpaired) electrons. The lowest BCUT2D eigenvalue weighted by Gasteiger charge is -2.61. The van der Waals surface area contributed by atoms with Gasteiger partial charge >= 0.3 is 11.9 Å². The van der Waals surface area contributed by atoms with Gasteiger partial charge in [0.25, 0.3) is 0 Å². The van der Waals surface area contributed by atoms with Gasteiger partial charge in [-0.1, -0.05) is 26.0 Å². The first-order valence-corrected chi connectivity index (χ1v) is 12.8. The van der Waals surface area contributed by atoms with Gasteiger partial charge in [0.15, 0.2) is 12.2 Å². The van der Waals surface area contributed by atoms with Crippen LogP contribution in [0.1, 0.15) is 56.7 Å². The molecular formula is C27H36N2O7. The maximum Gasteiger partial charge on any atom is 0.352 e. The molecule has 2 bridgehead atoms. The molecule has 36 heavy (non-hydrogen) atoms. The minimum Gasteiger partial charge on any atom is -0.481 e. The summed E-state index contributed by atoms with van der Waals surface area (Å²) in [4.78, 5) is 27.5. The predicted molar refractivity (Wildman–Crippen MR) is 130 cm³/mol. The van der Waals surface area contributed by atoms with Gasteiger partial charge in [-0.05, 0) is 57.3 Å². The number of hydrogen-bond donors (Lipinski definition) is 3. The Bertz CT molecular complexity index is 1120. The number of nitrogens with two attached hydrogens (primary N) is 1. The van der Waals surface area contributed by atoms with Crippen LogP contribution < -0.4 is 10.5 Å². The number of piperidine rings is 1. The summed E-state index contributed by atoms with van der Waals surface area (Å²) in [5.74, 6) is -0.287. The Hall–Kier alpha value is -2.46. The molecule has 2 heterocycles. The van der Waals surface area contributed by atoms with Crippen molar-refractivity contribution in [2.24, 2.45) is 11.7 Å². The van der Waals surface area contributed by atoms with E-state index in [1.54, 1.807) is 6.08 Å². The minimum atomic E-state index is -1.15. The number of likely N-dealkylation sites (N-methyl/N-ethyl adjacent to an activating group) is 1. The second-order valence-corrected chi connectivity index (χ2v) is 11.1. The molecule has 9 heteroatoms. The summed E-state index contributed by atoms with van der Waals surface area (Å²) in [5.41, 5.74) is 6.63. The van der Waals surface area contributed by atoms with Crippen molar-refractivity contribution in [3.8, 4) is 5.75 Å². The molecule has 1 aromatic carbocycles. The molecule has 0 aromatic heterocycles. The van der Waals surface area contributed by atoms with Crippen LogP contribution in [0, 0.1) is 5.92 Å². The molecule has 1 saturated heterocycles. The molecule has 0 amide bonds. The second-order valence-electron chi connectivity index (χ2n) is 11.1. The Kier molecular flexibility index (Phi) is 6.18. The van der Waals surface area contributed by atoms with Crippen molar-refractivity contribution in [3.05, 3.63) is 40.7 Å². The average Bonchev–Trinajstić information content (AvgIpc) is 3.18. The van der Waals surface area contributed by atoms with Crippen LogP contribution in [-0.4, -0.2) is 70.5 Å². The number of benzene rings is 1. The fourth-order valence-corrected chi connectivity index (χ4v) is 6.74. The quantitative estimate of drug-likeness (QED) is 0.474. The molecule has 196 valence electrons. The van der Waals surface area contributed by atoms with Gasteiger partial charge in [-0.2, -0.15) is 0 Å². The average molecular weight is 501 g/mol. The highest BCUT2D eigenvalue weighted by Gasteiger charge is 2.71. The molecule has 4 N–H and O–H groups in total. The summed E-state index contributed by atoms with van der Waals surface area (Å²) in [6.07, 6.45) is 1.86. The van der Waals surface area contributed by atoms with E-state index >= 15 is 0 Å². The van der Waals surface area contributed by atoms with Crippen molar-refractivity contribution in [3.63, 3.8) is 0 Å². The number of nitrogens with zero attached hydrogens (tertiary/aromatic N) is 1. The standard InChI is InChI=1S/C27H36N2O7/c1-14(2)11-18(28)25(32)34-15(3)24(31)35-19-7-8-27(33)20-12-16-5-6-17(13-30)22-21(16)26(27,23(19)36-22)9-10-29(20)4/h5-7,14-15,18,20,23,30,33H,8-13,28H2,1-4H3/t15-,18-,20+,23?,26?,27+/m0/s1. The third-order valence-electron chi connectivity index (χ3n) is 8.50. The molecule has 0 saturated carbocycles. The van der Waals surface area contributed by atoms with Gasteiger partial charge in [0.1, 0.15) is 17.6 Å². The number of ether oxygens (including phenoxy) is 3. The molecule has 2 aliphatic heterocycles. The summed E-state index contributed by atoms with van der Waals surface area (Å²) in [6, 6.07) is 2.94. The van der Waals surface area contributed by atoms with Gasteiger partial charge < -0.3 is 35.1 Å². The molecule has 1 spiro atoms. The summed E-state index contributed by atoms with van der Waals surface area (Å²) < 4.78 is 17.5. The topological polar surface area (TPSA) is 132 Å². The summed E-state index contributed by atoms with van der Waals surface area (Å²) >= 11 is 0. The molecule has 9 nitrogen and oxygen atoms in total. The fourth-order valence-electron chi connectivity index (χ4n) is 6.74. The van der Waals surface area contributed by atoms with E-state index in [1.165, 1.54) is 6.92 Å². The molecule has 2 aliphatic carbocycles. The number of aliphatic hydroxyl groups is 2. The van der Waals surface area contributed by atoms with Crippen molar-refractivity contribution in [2.45, 2.75) is 88.4 Å². The van der Waals surface area contributed by atoms with Crippen LogP contribution in [-0.2, 0) is 37.5 Å². The first-order valence-electron chi connectivity index (χ1n) is 12.8. The van der Waals surface area contributed by atoms with E-state index in [9.17, 15) is 19.8 Å². The number of hydrogen-bond acceptors (Lipinski definition) is 9. The number of carbonyl (C=O) groups excluding carboxylic acids is 2. The van der Waals surface area contributed by atoms with Crippen LogP contribution in [0.2, 0.25) is 0 Å².